The Bertz CT molecular complexity index is 820. The second-order valence-corrected chi connectivity index (χ2v) is 6.60. The van der Waals surface area contributed by atoms with Gasteiger partial charge in [-0.25, -0.2) is 9.97 Å². The molecule has 27 heavy (non-hydrogen) atoms. The summed E-state index contributed by atoms with van der Waals surface area (Å²) in [5.74, 6) is 0.00775. The van der Waals surface area contributed by atoms with Gasteiger partial charge in [0.2, 0.25) is 0 Å². The third-order valence-corrected chi connectivity index (χ3v) is 4.56. The number of carbonyl (C=O) groups is 1. The number of amides is 1. The molecule has 6 nitrogen and oxygen atoms in total. The Labute approximate surface area is 159 Å². The minimum Gasteiger partial charge on any atom is -0.353 e. The van der Waals surface area contributed by atoms with Gasteiger partial charge in [0.15, 0.2) is 0 Å². The van der Waals surface area contributed by atoms with Crippen molar-refractivity contribution in [2.45, 2.75) is 6.18 Å². The molecule has 1 fully saturated rings. The lowest BCUT2D eigenvalue weighted by Crippen LogP contribution is -2.44. The molecule has 0 spiro atoms. The molecule has 2 aromatic rings. The van der Waals surface area contributed by atoms with Crippen molar-refractivity contribution in [3.63, 3.8) is 0 Å². The van der Waals surface area contributed by atoms with Crippen LogP contribution in [0.5, 0.6) is 0 Å². The van der Waals surface area contributed by atoms with Crippen molar-refractivity contribution < 1.29 is 18.0 Å². The van der Waals surface area contributed by atoms with E-state index in [1.165, 1.54) is 18.5 Å². The van der Waals surface area contributed by atoms with E-state index in [9.17, 15) is 18.0 Å². The molecule has 1 aliphatic rings. The predicted molar refractivity (Wildman–Crippen MR) is 96.1 cm³/mol. The molecule has 10 heteroatoms. The Morgan fingerprint density at radius 1 is 1.15 bits per heavy atom. The zero-order valence-electron chi connectivity index (χ0n) is 14.4. The number of anilines is 2. The summed E-state index contributed by atoms with van der Waals surface area (Å²) < 4.78 is 38.7. The number of benzene rings is 1. The molecule has 1 aromatic heterocycles. The molecular weight excluding hydrogens is 383 g/mol. The fourth-order valence-electron chi connectivity index (χ4n) is 2.65. The zero-order valence-corrected chi connectivity index (χ0v) is 15.2. The van der Waals surface area contributed by atoms with E-state index in [2.05, 4.69) is 25.1 Å². The van der Waals surface area contributed by atoms with Crippen LogP contribution in [0.2, 0.25) is 5.02 Å². The number of likely N-dealkylation sites (N-methyl/N-ethyl adjacent to an activating group) is 1. The molecule has 0 saturated carbocycles. The molecule has 0 aliphatic carbocycles. The number of rotatable bonds is 3. The summed E-state index contributed by atoms with van der Waals surface area (Å²) in [5, 5.41) is 1.95. The topological polar surface area (TPSA) is 61.4 Å². The van der Waals surface area contributed by atoms with E-state index in [0.29, 0.717) is 5.82 Å². The van der Waals surface area contributed by atoms with E-state index in [-0.39, 0.29) is 11.4 Å². The molecule has 1 N–H and O–H groups in total. The highest BCUT2D eigenvalue weighted by Crippen LogP contribution is 2.36. The van der Waals surface area contributed by atoms with Gasteiger partial charge in [-0.3, -0.25) is 4.79 Å². The molecule has 3 rings (SSSR count). The van der Waals surface area contributed by atoms with Crippen molar-refractivity contribution >= 4 is 29.0 Å². The molecule has 1 amide bonds. The van der Waals surface area contributed by atoms with Crippen LogP contribution in [0, 0.1) is 0 Å². The molecule has 1 aliphatic heterocycles. The molecule has 0 unspecified atom stereocenters. The van der Waals surface area contributed by atoms with Gasteiger partial charge >= 0.3 is 6.18 Å². The average molecular weight is 400 g/mol. The van der Waals surface area contributed by atoms with Gasteiger partial charge in [-0.15, -0.1) is 0 Å². The maximum Gasteiger partial charge on any atom is 0.417 e. The first-order valence-corrected chi connectivity index (χ1v) is 8.55. The summed E-state index contributed by atoms with van der Waals surface area (Å²) >= 11 is 5.57. The van der Waals surface area contributed by atoms with Crippen LogP contribution in [-0.4, -0.2) is 54.0 Å². The number of hydrogen-bond acceptors (Lipinski definition) is 5. The second kappa shape index (κ2) is 7.69. The van der Waals surface area contributed by atoms with Crippen molar-refractivity contribution in [3.8, 4) is 0 Å². The number of halogens is 4. The van der Waals surface area contributed by atoms with Gasteiger partial charge < -0.3 is 15.1 Å². The Morgan fingerprint density at radius 2 is 1.85 bits per heavy atom. The van der Waals surface area contributed by atoms with E-state index in [0.717, 1.165) is 38.3 Å². The Kier molecular flexibility index (Phi) is 5.52. The largest absolute Gasteiger partial charge is 0.417 e. The van der Waals surface area contributed by atoms with Crippen molar-refractivity contribution in [1.29, 1.82) is 0 Å². The van der Waals surface area contributed by atoms with Crippen LogP contribution in [0.1, 0.15) is 16.1 Å². The third-order valence-electron chi connectivity index (χ3n) is 4.23. The summed E-state index contributed by atoms with van der Waals surface area (Å²) in [6, 6.07) is 3.16. The molecule has 0 bridgehead atoms. The van der Waals surface area contributed by atoms with Gasteiger partial charge in [0.25, 0.3) is 5.91 Å². The minimum absolute atomic E-state index is 0.0105. The lowest BCUT2D eigenvalue weighted by atomic mass is 10.2. The van der Waals surface area contributed by atoms with Crippen molar-refractivity contribution in [2.24, 2.45) is 0 Å². The third kappa shape index (κ3) is 4.67. The molecule has 1 saturated heterocycles. The first-order chi connectivity index (χ1) is 12.7. The number of hydrogen-bond donors (Lipinski definition) is 1. The average Bonchev–Trinajstić information content (AvgIpc) is 2.63. The molecule has 1 aromatic carbocycles. The van der Waals surface area contributed by atoms with Gasteiger partial charge in [-0.1, -0.05) is 11.6 Å². The van der Waals surface area contributed by atoms with E-state index in [4.69, 9.17) is 11.6 Å². The smallest absolute Gasteiger partial charge is 0.353 e. The Balaban J connectivity index is 1.70. The molecule has 0 atom stereocenters. The van der Waals surface area contributed by atoms with E-state index >= 15 is 0 Å². The number of nitrogens with zero attached hydrogens (tertiary/aromatic N) is 4. The molecule has 0 radical (unpaired) electrons. The number of nitrogens with one attached hydrogen (secondary N) is 1. The van der Waals surface area contributed by atoms with Crippen molar-refractivity contribution in [3.05, 3.63) is 46.9 Å². The van der Waals surface area contributed by atoms with Crippen LogP contribution in [0.15, 0.2) is 30.6 Å². The number of carbonyl (C=O) groups excluding carboxylic acids is 1. The van der Waals surface area contributed by atoms with Crippen LogP contribution in [0.25, 0.3) is 0 Å². The summed E-state index contributed by atoms with van der Waals surface area (Å²) in [5.41, 5.74) is -1.03. The van der Waals surface area contributed by atoms with Crippen LogP contribution in [-0.2, 0) is 6.18 Å². The Morgan fingerprint density at radius 3 is 2.44 bits per heavy atom. The predicted octanol–water partition coefficient (Wildman–Crippen LogP) is 3.15. The summed E-state index contributed by atoms with van der Waals surface area (Å²) in [6.45, 7) is 3.42. The quantitative estimate of drug-likeness (QED) is 0.859. The monoisotopic (exact) mass is 399 g/mol. The van der Waals surface area contributed by atoms with Crippen molar-refractivity contribution in [1.82, 2.24) is 14.9 Å². The standard InChI is InChI=1S/C17H17ClF3N5O/c1-25-4-6-26(7-5-25)15-10-22-14(9-23-15)16(27)24-11-2-3-13(18)12(8-11)17(19,20)21/h2-3,8-10H,4-7H2,1H3,(H,24,27). The fourth-order valence-corrected chi connectivity index (χ4v) is 2.88. The molecule has 144 valence electrons. The summed E-state index contributed by atoms with van der Waals surface area (Å²) in [7, 11) is 2.04. The zero-order chi connectivity index (χ0) is 19.6. The van der Waals surface area contributed by atoms with Crippen molar-refractivity contribution in [2.75, 3.05) is 43.4 Å². The molecular formula is C17H17ClF3N5O. The summed E-state index contributed by atoms with van der Waals surface area (Å²) in [4.78, 5) is 24.8. The highest BCUT2D eigenvalue weighted by atomic mass is 35.5. The second-order valence-electron chi connectivity index (χ2n) is 6.20. The number of piperazine rings is 1. The van der Waals surface area contributed by atoms with Gasteiger partial charge in [-0.05, 0) is 25.2 Å². The first-order valence-electron chi connectivity index (χ1n) is 8.17. The summed E-state index contributed by atoms with van der Waals surface area (Å²) in [6.07, 6.45) is -1.81. The normalized spacial score (nSPS) is 15.7. The van der Waals surface area contributed by atoms with E-state index < -0.39 is 22.7 Å². The lowest BCUT2D eigenvalue weighted by molar-refractivity contribution is -0.137. The highest BCUT2D eigenvalue weighted by molar-refractivity contribution is 6.31. The van der Waals surface area contributed by atoms with Gasteiger partial charge in [0.1, 0.15) is 11.5 Å². The van der Waals surface area contributed by atoms with Crippen LogP contribution in [0.4, 0.5) is 24.7 Å². The highest BCUT2D eigenvalue weighted by Gasteiger charge is 2.33. The molecule has 2 heterocycles. The van der Waals surface area contributed by atoms with Crippen LogP contribution < -0.4 is 10.2 Å². The number of aromatic nitrogens is 2. The van der Waals surface area contributed by atoms with Crippen LogP contribution >= 0.6 is 11.6 Å². The van der Waals surface area contributed by atoms with E-state index in [1.807, 2.05) is 7.05 Å². The first kappa shape index (κ1) is 19.4. The minimum atomic E-state index is -4.61. The van der Waals surface area contributed by atoms with Crippen LogP contribution in [0.3, 0.4) is 0 Å². The van der Waals surface area contributed by atoms with Gasteiger partial charge in [0, 0.05) is 31.9 Å². The lowest BCUT2D eigenvalue weighted by Gasteiger charge is -2.32. The fraction of sp³-hybridized carbons (Fsp3) is 0.353. The maximum absolute atomic E-state index is 12.9. The maximum atomic E-state index is 12.9. The number of alkyl halides is 3. The Hall–Kier alpha value is -2.39. The van der Waals surface area contributed by atoms with Gasteiger partial charge in [0.05, 0.1) is 23.0 Å². The van der Waals surface area contributed by atoms with Gasteiger partial charge in [-0.2, -0.15) is 13.2 Å². The SMILES string of the molecule is CN1CCN(c2cnc(C(=O)Nc3ccc(Cl)c(C(F)(F)F)c3)cn2)CC1. The van der Waals surface area contributed by atoms with E-state index in [1.54, 1.807) is 0 Å².